The Balaban J connectivity index is 1.53. The second-order valence-corrected chi connectivity index (χ2v) is 9.73. The van der Waals surface area contributed by atoms with Crippen LogP contribution in [0.3, 0.4) is 0 Å². The van der Waals surface area contributed by atoms with Crippen molar-refractivity contribution in [3.8, 4) is 16.9 Å². The van der Waals surface area contributed by atoms with Crippen LogP contribution in [0.1, 0.15) is 55.7 Å². The highest BCUT2D eigenvalue weighted by molar-refractivity contribution is 6.32. The number of aromatic amines is 1. The number of rotatable bonds is 6. The van der Waals surface area contributed by atoms with Gasteiger partial charge in [0.15, 0.2) is 0 Å². The number of ether oxygens (including phenoxy) is 1. The smallest absolute Gasteiger partial charge is 0.387 e. The molecule has 3 aromatic heterocycles. The Hall–Kier alpha value is -2.75. The van der Waals surface area contributed by atoms with Gasteiger partial charge in [-0.3, -0.25) is 4.68 Å². The molecule has 1 aliphatic rings. The van der Waals surface area contributed by atoms with Gasteiger partial charge in [0.05, 0.1) is 23.4 Å². The standard InChI is InChI=1S/C25H23Cl2F3N4O2/c1-12(21-20(36-25(29)30)7-6-19(28)22(21)26)17-10-32-24-16(17)8-13(9-31-24)18-11-33-34(23(18)27)14-2-4-15(35)5-3-14/h6-12,14-15,25,35H,2-5H2,1H3,(H,31,32)/t12-,14?,15?/m0/s1. The molecular formula is C25H23Cl2F3N4O2. The molecule has 0 spiro atoms. The van der Waals surface area contributed by atoms with E-state index in [-0.39, 0.29) is 28.5 Å². The molecule has 2 N–H and O–H groups in total. The first-order chi connectivity index (χ1) is 17.2. The fraction of sp³-hybridized carbons (Fsp3) is 0.360. The minimum absolute atomic E-state index is 0.109. The molecule has 0 saturated heterocycles. The number of halogens is 5. The molecule has 6 nitrogen and oxygen atoms in total. The van der Waals surface area contributed by atoms with Crippen molar-refractivity contribution in [3.63, 3.8) is 0 Å². The Kier molecular flexibility index (Phi) is 6.89. The zero-order chi connectivity index (χ0) is 25.6. The summed E-state index contributed by atoms with van der Waals surface area (Å²) in [5.74, 6) is -1.52. The number of aromatic nitrogens is 4. The summed E-state index contributed by atoms with van der Waals surface area (Å²) in [5.41, 5.74) is 2.78. The number of nitrogens with zero attached hydrogens (tertiary/aromatic N) is 3. The van der Waals surface area contributed by atoms with Crippen LogP contribution in [0.5, 0.6) is 5.75 Å². The predicted octanol–water partition coefficient (Wildman–Crippen LogP) is 7.10. The van der Waals surface area contributed by atoms with Gasteiger partial charge >= 0.3 is 6.61 Å². The van der Waals surface area contributed by atoms with E-state index in [0.29, 0.717) is 40.2 Å². The van der Waals surface area contributed by atoms with Crippen LogP contribution in [0.15, 0.2) is 36.8 Å². The van der Waals surface area contributed by atoms with Crippen LogP contribution in [0.2, 0.25) is 10.2 Å². The molecule has 0 radical (unpaired) electrons. The number of benzene rings is 1. The maximum atomic E-state index is 14.3. The summed E-state index contributed by atoms with van der Waals surface area (Å²) in [6.07, 6.45) is 7.75. The third kappa shape index (κ3) is 4.55. The normalized spacial score (nSPS) is 19.2. The summed E-state index contributed by atoms with van der Waals surface area (Å²) in [6, 6.07) is 4.13. The van der Waals surface area contributed by atoms with Crippen molar-refractivity contribution < 1.29 is 23.0 Å². The van der Waals surface area contributed by atoms with E-state index in [9.17, 15) is 18.3 Å². The van der Waals surface area contributed by atoms with Crippen LogP contribution >= 0.6 is 23.2 Å². The van der Waals surface area contributed by atoms with E-state index in [1.165, 1.54) is 0 Å². The highest BCUT2D eigenvalue weighted by atomic mass is 35.5. The number of pyridine rings is 1. The molecule has 190 valence electrons. The van der Waals surface area contributed by atoms with Crippen molar-refractivity contribution in [1.82, 2.24) is 19.7 Å². The van der Waals surface area contributed by atoms with Crippen LogP contribution in [0.4, 0.5) is 13.2 Å². The van der Waals surface area contributed by atoms with Gasteiger partial charge < -0.3 is 14.8 Å². The van der Waals surface area contributed by atoms with Crippen LogP contribution in [0, 0.1) is 5.82 Å². The topological polar surface area (TPSA) is 76.0 Å². The van der Waals surface area contributed by atoms with Crippen LogP contribution in [0.25, 0.3) is 22.2 Å². The molecule has 0 aliphatic heterocycles. The Labute approximate surface area is 215 Å². The number of hydrogen-bond acceptors (Lipinski definition) is 4. The number of nitrogens with one attached hydrogen (secondary N) is 1. The van der Waals surface area contributed by atoms with E-state index in [2.05, 4.69) is 19.8 Å². The second-order valence-electron chi connectivity index (χ2n) is 8.99. The highest BCUT2D eigenvalue weighted by Gasteiger charge is 2.26. The lowest BCUT2D eigenvalue weighted by Crippen LogP contribution is -2.21. The summed E-state index contributed by atoms with van der Waals surface area (Å²) in [6.45, 7) is -1.35. The first-order valence-corrected chi connectivity index (χ1v) is 12.3. The zero-order valence-electron chi connectivity index (χ0n) is 19.2. The molecule has 0 amide bonds. The molecule has 3 heterocycles. The van der Waals surface area contributed by atoms with E-state index in [1.807, 2.05) is 6.07 Å². The number of aliphatic hydroxyl groups excluding tert-OH is 1. The van der Waals surface area contributed by atoms with Crippen molar-refractivity contribution >= 4 is 34.2 Å². The fourth-order valence-corrected chi connectivity index (χ4v) is 5.59. The van der Waals surface area contributed by atoms with Gasteiger partial charge in [0.1, 0.15) is 22.4 Å². The van der Waals surface area contributed by atoms with Gasteiger partial charge in [-0.2, -0.15) is 13.9 Å². The molecule has 1 atom stereocenters. The largest absolute Gasteiger partial charge is 0.434 e. The Bertz CT molecular complexity index is 1400. The number of aliphatic hydroxyl groups is 1. The zero-order valence-corrected chi connectivity index (χ0v) is 20.7. The Morgan fingerprint density at radius 2 is 1.92 bits per heavy atom. The van der Waals surface area contributed by atoms with Crippen molar-refractivity contribution in [2.24, 2.45) is 0 Å². The lowest BCUT2D eigenvalue weighted by molar-refractivity contribution is -0.0505. The molecule has 1 aliphatic carbocycles. The molecule has 1 saturated carbocycles. The van der Waals surface area contributed by atoms with Gasteiger partial charge in [-0.15, -0.1) is 0 Å². The molecule has 1 aromatic carbocycles. The molecule has 0 unspecified atom stereocenters. The van der Waals surface area contributed by atoms with E-state index < -0.39 is 18.3 Å². The summed E-state index contributed by atoms with van der Waals surface area (Å²) < 4.78 is 46.7. The van der Waals surface area contributed by atoms with Gasteiger partial charge in [0, 0.05) is 40.4 Å². The van der Waals surface area contributed by atoms with E-state index in [4.69, 9.17) is 23.2 Å². The van der Waals surface area contributed by atoms with Crippen molar-refractivity contribution in [2.75, 3.05) is 0 Å². The summed E-state index contributed by atoms with van der Waals surface area (Å²) >= 11 is 12.9. The fourth-order valence-electron chi connectivity index (χ4n) is 4.93. The maximum absolute atomic E-state index is 14.3. The molecule has 5 rings (SSSR count). The average molecular weight is 539 g/mol. The van der Waals surface area contributed by atoms with Gasteiger partial charge in [-0.25, -0.2) is 9.37 Å². The monoisotopic (exact) mass is 538 g/mol. The third-order valence-corrected chi connectivity index (χ3v) is 7.59. The number of hydrogen-bond donors (Lipinski definition) is 2. The van der Waals surface area contributed by atoms with Crippen molar-refractivity contribution in [2.45, 2.75) is 57.3 Å². The Morgan fingerprint density at radius 3 is 2.64 bits per heavy atom. The lowest BCUT2D eigenvalue weighted by atomic mass is 9.91. The molecule has 4 aromatic rings. The summed E-state index contributed by atoms with van der Waals surface area (Å²) in [7, 11) is 0. The number of alkyl halides is 2. The number of H-pyrrole nitrogens is 1. The maximum Gasteiger partial charge on any atom is 0.387 e. The van der Waals surface area contributed by atoms with Crippen LogP contribution < -0.4 is 4.74 Å². The lowest BCUT2D eigenvalue weighted by Gasteiger charge is -2.26. The van der Waals surface area contributed by atoms with E-state index in [1.54, 1.807) is 30.2 Å². The minimum atomic E-state index is -3.08. The van der Waals surface area contributed by atoms with Gasteiger partial charge in [-0.05, 0) is 49.4 Å². The minimum Gasteiger partial charge on any atom is -0.434 e. The van der Waals surface area contributed by atoms with E-state index >= 15 is 0 Å². The predicted molar refractivity (Wildman–Crippen MR) is 131 cm³/mol. The molecule has 0 bridgehead atoms. The molecule has 1 fully saturated rings. The SMILES string of the molecule is C[C@H](c1c(OC(F)F)ccc(F)c1Cl)c1c[nH]c2ncc(-c3cnn(C4CCC(O)CC4)c3Cl)cc12. The first kappa shape index (κ1) is 24.9. The number of fused-ring (bicyclic) bond motifs is 1. The summed E-state index contributed by atoms with van der Waals surface area (Å²) in [5, 5.41) is 15.2. The van der Waals surface area contributed by atoms with E-state index in [0.717, 1.165) is 30.5 Å². The first-order valence-electron chi connectivity index (χ1n) is 11.6. The molecule has 11 heteroatoms. The van der Waals surface area contributed by atoms with Crippen molar-refractivity contribution in [1.29, 1.82) is 0 Å². The van der Waals surface area contributed by atoms with Crippen molar-refractivity contribution in [3.05, 3.63) is 63.9 Å². The summed E-state index contributed by atoms with van der Waals surface area (Å²) in [4.78, 5) is 7.57. The second kappa shape index (κ2) is 9.95. The Morgan fingerprint density at radius 1 is 1.17 bits per heavy atom. The van der Waals surface area contributed by atoms with Crippen LogP contribution in [-0.4, -0.2) is 37.6 Å². The van der Waals surface area contributed by atoms with Gasteiger partial charge in [-0.1, -0.05) is 30.1 Å². The average Bonchev–Trinajstić information content (AvgIpc) is 3.44. The third-order valence-electron chi connectivity index (χ3n) is 6.83. The quantitative estimate of drug-likeness (QED) is 0.274. The molecule has 36 heavy (non-hydrogen) atoms. The molecular weight excluding hydrogens is 516 g/mol. The van der Waals surface area contributed by atoms with Gasteiger partial charge in [0.2, 0.25) is 0 Å². The van der Waals surface area contributed by atoms with Gasteiger partial charge in [0.25, 0.3) is 0 Å². The van der Waals surface area contributed by atoms with Crippen LogP contribution in [-0.2, 0) is 0 Å². The highest BCUT2D eigenvalue weighted by Crippen LogP contribution is 2.42.